The van der Waals surface area contributed by atoms with E-state index < -0.39 is 0 Å². The fourth-order valence-corrected chi connectivity index (χ4v) is 3.51. The predicted octanol–water partition coefficient (Wildman–Crippen LogP) is 5.16. The quantitative estimate of drug-likeness (QED) is 0.825. The van der Waals surface area contributed by atoms with Crippen molar-refractivity contribution in [1.29, 1.82) is 0 Å². The summed E-state index contributed by atoms with van der Waals surface area (Å²) in [6.07, 6.45) is 3.55. The number of nitrogens with zero attached hydrogens (tertiary/aromatic N) is 1. The summed E-state index contributed by atoms with van der Waals surface area (Å²) in [5, 5.41) is 3.63. The normalized spacial score (nSPS) is 19.7. The Morgan fingerprint density at radius 3 is 2.58 bits per heavy atom. The minimum Gasteiger partial charge on any atom is -0.378 e. The minimum atomic E-state index is 0.200. The molecule has 1 aliphatic heterocycles. The molecule has 0 bridgehead atoms. The van der Waals surface area contributed by atoms with Crippen molar-refractivity contribution in [1.82, 2.24) is 0 Å². The molecule has 0 saturated heterocycles. The van der Waals surface area contributed by atoms with Gasteiger partial charge >= 0.3 is 0 Å². The van der Waals surface area contributed by atoms with Gasteiger partial charge in [0.25, 0.3) is 0 Å². The monoisotopic (exact) mass is 322 g/mol. The third-order valence-corrected chi connectivity index (χ3v) is 4.72. The number of rotatable bonds is 5. The SMILES string of the molecule is CCCCC(=O)N1c2ccccc2C(Nc2ccccc2)CC1C. The average molecular weight is 322 g/mol. The number of fused-ring (bicyclic) bond motifs is 1. The fraction of sp³-hybridized carbons (Fsp3) is 0.381. The van der Waals surface area contributed by atoms with Crippen molar-refractivity contribution in [2.24, 2.45) is 0 Å². The highest BCUT2D eigenvalue weighted by Gasteiger charge is 2.33. The zero-order valence-corrected chi connectivity index (χ0v) is 14.5. The van der Waals surface area contributed by atoms with Crippen LogP contribution in [-0.4, -0.2) is 11.9 Å². The number of benzene rings is 2. The minimum absolute atomic E-state index is 0.200. The molecule has 2 aromatic rings. The van der Waals surface area contributed by atoms with Gasteiger partial charge in [0, 0.05) is 23.8 Å². The molecule has 0 spiro atoms. The van der Waals surface area contributed by atoms with E-state index in [1.54, 1.807) is 0 Å². The standard InChI is InChI=1S/C21H26N2O/c1-3-4-14-21(24)23-16(2)15-19(18-12-8-9-13-20(18)23)22-17-10-6-5-7-11-17/h5-13,16,19,22H,3-4,14-15H2,1-2H3. The summed E-state index contributed by atoms with van der Waals surface area (Å²) in [6, 6.07) is 19.0. The number of amides is 1. The molecule has 1 amide bonds. The van der Waals surface area contributed by atoms with Crippen molar-refractivity contribution >= 4 is 17.3 Å². The van der Waals surface area contributed by atoms with E-state index >= 15 is 0 Å². The smallest absolute Gasteiger partial charge is 0.227 e. The third-order valence-electron chi connectivity index (χ3n) is 4.72. The van der Waals surface area contributed by atoms with Crippen LogP contribution in [0.2, 0.25) is 0 Å². The van der Waals surface area contributed by atoms with E-state index in [-0.39, 0.29) is 18.0 Å². The summed E-state index contributed by atoms with van der Waals surface area (Å²) in [7, 11) is 0. The average Bonchev–Trinajstić information content (AvgIpc) is 2.61. The second-order valence-corrected chi connectivity index (χ2v) is 6.57. The molecule has 3 heteroatoms. The van der Waals surface area contributed by atoms with Gasteiger partial charge in [-0.25, -0.2) is 0 Å². The lowest BCUT2D eigenvalue weighted by molar-refractivity contribution is -0.119. The van der Waals surface area contributed by atoms with E-state index in [4.69, 9.17) is 0 Å². The van der Waals surface area contributed by atoms with Gasteiger partial charge in [-0.3, -0.25) is 4.79 Å². The van der Waals surface area contributed by atoms with Crippen LogP contribution in [0.5, 0.6) is 0 Å². The van der Waals surface area contributed by atoms with Gasteiger partial charge in [-0.15, -0.1) is 0 Å². The lowest BCUT2D eigenvalue weighted by atomic mass is 9.91. The number of hydrogen-bond donors (Lipinski definition) is 1. The summed E-state index contributed by atoms with van der Waals surface area (Å²) in [5.74, 6) is 0.245. The summed E-state index contributed by atoms with van der Waals surface area (Å²) >= 11 is 0. The van der Waals surface area contributed by atoms with Crippen molar-refractivity contribution in [2.75, 3.05) is 10.2 Å². The largest absolute Gasteiger partial charge is 0.378 e. The Kier molecular flexibility index (Phi) is 5.19. The highest BCUT2D eigenvalue weighted by molar-refractivity contribution is 5.95. The zero-order chi connectivity index (χ0) is 16.9. The van der Waals surface area contributed by atoms with Crippen LogP contribution in [0.1, 0.15) is 51.1 Å². The van der Waals surface area contributed by atoms with Gasteiger partial charge in [0.05, 0.1) is 6.04 Å². The van der Waals surface area contributed by atoms with E-state index in [1.807, 2.05) is 29.2 Å². The number of carbonyl (C=O) groups is 1. The molecule has 3 rings (SSSR count). The molecule has 24 heavy (non-hydrogen) atoms. The number of hydrogen-bond acceptors (Lipinski definition) is 2. The van der Waals surface area contributed by atoms with Gasteiger partial charge in [-0.2, -0.15) is 0 Å². The second kappa shape index (κ2) is 7.52. The molecule has 0 aromatic heterocycles. The van der Waals surface area contributed by atoms with E-state index in [1.165, 1.54) is 5.56 Å². The molecule has 0 saturated carbocycles. The van der Waals surface area contributed by atoms with Gasteiger partial charge in [0.15, 0.2) is 0 Å². The lowest BCUT2D eigenvalue weighted by Gasteiger charge is -2.40. The Bertz CT molecular complexity index is 683. The van der Waals surface area contributed by atoms with Crippen LogP contribution < -0.4 is 10.2 Å². The van der Waals surface area contributed by atoms with Crippen molar-refractivity contribution in [3.63, 3.8) is 0 Å². The van der Waals surface area contributed by atoms with Gasteiger partial charge in [-0.05, 0) is 43.5 Å². The van der Waals surface area contributed by atoms with Gasteiger partial charge in [0.2, 0.25) is 5.91 Å². The lowest BCUT2D eigenvalue weighted by Crippen LogP contribution is -2.44. The van der Waals surface area contributed by atoms with E-state index in [0.29, 0.717) is 6.42 Å². The number of unbranched alkanes of at least 4 members (excludes halogenated alkanes) is 1. The van der Waals surface area contributed by atoms with Crippen molar-refractivity contribution in [3.05, 3.63) is 60.2 Å². The van der Waals surface area contributed by atoms with Crippen LogP contribution in [0.3, 0.4) is 0 Å². The summed E-state index contributed by atoms with van der Waals surface area (Å²) in [4.78, 5) is 14.7. The molecule has 3 nitrogen and oxygen atoms in total. The topological polar surface area (TPSA) is 32.3 Å². The maximum atomic E-state index is 12.7. The first-order valence-corrected chi connectivity index (χ1v) is 8.93. The van der Waals surface area contributed by atoms with E-state index in [0.717, 1.165) is 30.6 Å². The zero-order valence-electron chi connectivity index (χ0n) is 14.5. The second-order valence-electron chi connectivity index (χ2n) is 6.57. The molecule has 2 aromatic carbocycles. The van der Waals surface area contributed by atoms with Gasteiger partial charge in [-0.1, -0.05) is 49.7 Å². The summed E-state index contributed by atoms with van der Waals surface area (Å²) in [5.41, 5.74) is 3.39. The number of carbonyl (C=O) groups excluding carboxylic acids is 1. The van der Waals surface area contributed by atoms with Crippen LogP contribution >= 0.6 is 0 Å². The Labute approximate surface area is 144 Å². The molecule has 1 heterocycles. The summed E-state index contributed by atoms with van der Waals surface area (Å²) in [6.45, 7) is 4.28. The fourth-order valence-electron chi connectivity index (χ4n) is 3.51. The molecule has 0 radical (unpaired) electrons. The maximum Gasteiger partial charge on any atom is 0.227 e. The van der Waals surface area contributed by atoms with Gasteiger partial charge in [0.1, 0.15) is 0 Å². The molecular formula is C21H26N2O. The first-order valence-electron chi connectivity index (χ1n) is 8.93. The molecule has 126 valence electrons. The van der Waals surface area contributed by atoms with Crippen molar-refractivity contribution < 1.29 is 4.79 Å². The molecule has 1 aliphatic rings. The Morgan fingerprint density at radius 2 is 1.83 bits per heavy atom. The molecule has 2 unspecified atom stereocenters. The maximum absolute atomic E-state index is 12.7. The first kappa shape index (κ1) is 16.6. The van der Waals surface area contributed by atoms with E-state index in [2.05, 4.69) is 49.5 Å². The molecule has 2 atom stereocenters. The summed E-state index contributed by atoms with van der Waals surface area (Å²) < 4.78 is 0. The van der Waals surface area contributed by atoms with Gasteiger partial charge < -0.3 is 10.2 Å². The van der Waals surface area contributed by atoms with Crippen LogP contribution in [0.25, 0.3) is 0 Å². The molecule has 0 aliphatic carbocycles. The number of nitrogens with one attached hydrogen (secondary N) is 1. The number of para-hydroxylation sites is 2. The van der Waals surface area contributed by atoms with Crippen LogP contribution in [0, 0.1) is 0 Å². The third kappa shape index (κ3) is 3.45. The van der Waals surface area contributed by atoms with E-state index in [9.17, 15) is 4.79 Å². The molecular weight excluding hydrogens is 296 g/mol. The van der Waals surface area contributed by atoms with Crippen molar-refractivity contribution in [2.45, 2.75) is 51.6 Å². The van der Waals surface area contributed by atoms with Crippen LogP contribution in [-0.2, 0) is 4.79 Å². The Balaban J connectivity index is 1.88. The van der Waals surface area contributed by atoms with Crippen LogP contribution in [0.4, 0.5) is 11.4 Å². The highest BCUT2D eigenvalue weighted by atomic mass is 16.2. The van der Waals surface area contributed by atoms with Crippen LogP contribution in [0.15, 0.2) is 54.6 Å². The number of anilines is 2. The molecule has 1 N–H and O–H groups in total. The predicted molar refractivity (Wildman–Crippen MR) is 100 cm³/mol. The first-order chi connectivity index (χ1) is 11.7. The Morgan fingerprint density at radius 1 is 1.12 bits per heavy atom. The Hall–Kier alpha value is -2.29. The highest BCUT2D eigenvalue weighted by Crippen LogP contribution is 2.39. The molecule has 0 fully saturated rings. The van der Waals surface area contributed by atoms with Crippen molar-refractivity contribution in [3.8, 4) is 0 Å².